The summed E-state index contributed by atoms with van der Waals surface area (Å²) in [5, 5.41) is -0.242. The van der Waals surface area contributed by atoms with E-state index in [0.29, 0.717) is 11.3 Å². The van der Waals surface area contributed by atoms with Crippen molar-refractivity contribution in [3.8, 4) is 0 Å². The molecular formula is C17H22BClO2. The SMILES string of the molecule is CC1(C)C2CC3OB([C@@H](Cl)c4ccccc4)O[C@]3(C)C1C2. The number of alkyl halides is 1. The molecule has 2 bridgehead atoms. The zero-order valence-electron chi connectivity index (χ0n) is 12.9. The molecule has 1 aromatic rings. The molecule has 4 fully saturated rings. The number of benzene rings is 1. The fraction of sp³-hybridized carbons (Fsp3) is 0.647. The molecule has 4 heteroatoms. The van der Waals surface area contributed by atoms with Crippen molar-refractivity contribution in [1.29, 1.82) is 0 Å². The van der Waals surface area contributed by atoms with E-state index >= 15 is 0 Å². The largest absolute Gasteiger partial charge is 0.481 e. The van der Waals surface area contributed by atoms with Gasteiger partial charge in [0.2, 0.25) is 0 Å². The van der Waals surface area contributed by atoms with Crippen molar-refractivity contribution < 1.29 is 9.31 Å². The summed E-state index contributed by atoms with van der Waals surface area (Å²) in [7, 11) is -0.334. The second kappa shape index (κ2) is 4.50. The summed E-state index contributed by atoms with van der Waals surface area (Å²) < 4.78 is 12.6. The van der Waals surface area contributed by atoms with Crippen LogP contribution in [0.15, 0.2) is 30.3 Å². The third kappa shape index (κ3) is 1.87. The highest BCUT2D eigenvalue weighted by Crippen LogP contribution is 2.66. The molecule has 0 N–H and O–H groups in total. The summed E-state index contributed by atoms with van der Waals surface area (Å²) in [6.45, 7) is 6.98. The lowest BCUT2D eigenvalue weighted by molar-refractivity contribution is -0.199. The smallest absolute Gasteiger partial charge is 0.404 e. The van der Waals surface area contributed by atoms with Crippen LogP contribution >= 0.6 is 11.6 Å². The maximum absolute atomic E-state index is 6.62. The molecule has 1 saturated heterocycles. The van der Waals surface area contributed by atoms with E-state index in [4.69, 9.17) is 20.9 Å². The molecule has 3 unspecified atom stereocenters. The van der Waals surface area contributed by atoms with Gasteiger partial charge in [0, 0.05) is 0 Å². The topological polar surface area (TPSA) is 18.5 Å². The molecule has 0 radical (unpaired) electrons. The first-order valence-corrected chi connectivity index (χ1v) is 8.39. The first-order valence-electron chi connectivity index (χ1n) is 7.95. The van der Waals surface area contributed by atoms with Crippen LogP contribution in [0.1, 0.15) is 44.5 Å². The summed E-state index contributed by atoms with van der Waals surface area (Å²) in [4.78, 5) is 0. The monoisotopic (exact) mass is 304 g/mol. The van der Waals surface area contributed by atoms with Crippen LogP contribution in [0.4, 0.5) is 0 Å². The van der Waals surface area contributed by atoms with Crippen molar-refractivity contribution in [2.45, 2.75) is 50.6 Å². The Morgan fingerprint density at radius 3 is 2.57 bits per heavy atom. The summed E-state index contributed by atoms with van der Waals surface area (Å²) in [6.07, 6.45) is 2.58. The van der Waals surface area contributed by atoms with Crippen molar-refractivity contribution in [3.63, 3.8) is 0 Å². The second-order valence-corrected chi connectivity index (χ2v) is 8.12. The molecule has 5 rings (SSSR count). The lowest BCUT2D eigenvalue weighted by Gasteiger charge is -2.64. The van der Waals surface area contributed by atoms with Crippen molar-refractivity contribution in [2.75, 3.05) is 0 Å². The molecule has 2 nitrogen and oxygen atoms in total. The third-order valence-electron chi connectivity index (χ3n) is 6.33. The van der Waals surface area contributed by atoms with Gasteiger partial charge in [0.25, 0.3) is 0 Å². The fourth-order valence-electron chi connectivity index (χ4n) is 4.82. The number of halogens is 1. The Morgan fingerprint density at radius 2 is 1.90 bits per heavy atom. The van der Waals surface area contributed by atoms with Crippen molar-refractivity contribution in [2.24, 2.45) is 17.3 Å². The van der Waals surface area contributed by atoms with Crippen LogP contribution in [0.25, 0.3) is 0 Å². The van der Waals surface area contributed by atoms with E-state index in [1.807, 2.05) is 30.3 Å². The van der Waals surface area contributed by atoms with Gasteiger partial charge in [0.1, 0.15) is 0 Å². The summed E-state index contributed by atoms with van der Waals surface area (Å²) in [5.41, 5.74) is 1.26. The average molecular weight is 305 g/mol. The molecule has 0 aromatic heterocycles. The van der Waals surface area contributed by atoms with Crippen LogP contribution < -0.4 is 0 Å². The molecule has 5 atom stereocenters. The molecule has 3 aliphatic carbocycles. The van der Waals surface area contributed by atoms with Crippen molar-refractivity contribution in [3.05, 3.63) is 35.9 Å². The summed E-state index contributed by atoms with van der Waals surface area (Å²) >= 11 is 6.62. The van der Waals surface area contributed by atoms with Gasteiger partial charge >= 0.3 is 7.12 Å². The predicted octanol–water partition coefficient (Wildman–Crippen LogP) is 4.23. The Labute approximate surface area is 132 Å². The molecule has 21 heavy (non-hydrogen) atoms. The van der Waals surface area contributed by atoms with E-state index in [2.05, 4.69) is 20.8 Å². The van der Waals surface area contributed by atoms with E-state index in [1.165, 1.54) is 6.42 Å². The first-order chi connectivity index (χ1) is 9.93. The predicted molar refractivity (Wildman–Crippen MR) is 85.1 cm³/mol. The van der Waals surface area contributed by atoms with Gasteiger partial charge in [-0.15, -0.1) is 11.6 Å². The van der Waals surface area contributed by atoms with Crippen LogP contribution in [0.2, 0.25) is 0 Å². The minimum Gasteiger partial charge on any atom is -0.404 e. The van der Waals surface area contributed by atoms with Gasteiger partial charge in [0.05, 0.1) is 17.0 Å². The maximum atomic E-state index is 6.62. The summed E-state index contributed by atoms with van der Waals surface area (Å²) in [5.74, 6) is 1.35. The summed E-state index contributed by atoms with van der Waals surface area (Å²) in [6, 6.07) is 10.1. The van der Waals surface area contributed by atoms with Gasteiger partial charge in [-0.05, 0) is 42.6 Å². The minimum atomic E-state index is -0.334. The lowest BCUT2D eigenvalue weighted by Crippen LogP contribution is -2.65. The highest BCUT2D eigenvalue weighted by atomic mass is 35.5. The fourth-order valence-corrected chi connectivity index (χ4v) is 5.07. The Bertz CT molecular complexity index is 549. The van der Waals surface area contributed by atoms with Gasteiger partial charge in [0.15, 0.2) is 0 Å². The van der Waals surface area contributed by atoms with Gasteiger partial charge < -0.3 is 9.31 Å². The Balaban J connectivity index is 1.57. The van der Waals surface area contributed by atoms with E-state index in [-0.39, 0.29) is 24.1 Å². The average Bonchev–Trinajstić information content (AvgIpc) is 2.84. The molecular weight excluding hydrogens is 282 g/mol. The van der Waals surface area contributed by atoms with E-state index in [1.54, 1.807) is 0 Å². The molecule has 4 aliphatic rings. The standard InChI is InChI=1S/C17H22BClO2/c1-16(2)12-9-13(16)17(3)14(10-12)20-18(21-17)15(19)11-7-5-4-6-8-11/h4-8,12-15H,9-10H2,1-3H3/t12?,13?,14?,15-,17+/m0/s1. The zero-order valence-corrected chi connectivity index (χ0v) is 13.6. The Kier molecular flexibility index (Phi) is 3.02. The highest BCUT2D eigenvalue weighted by Gasteiger charge is 2.68. The van der Waals surface area contributed by atoms with Gasteiger partial charge in [-0.3, -0.25) is 0 Å². The van der Waals surface area contributed by atoms with E-state index in [0.717, 1.165) is 17.9 Å². The molecule has 1 aliphatic heterocycles. The minimum absolute atomic E-state index is 0.176. The van der Waals surface area contributed by atoms with Crippen LogP contribution in [0, 0.1) is 17.3 Å². The second-order valence-electron chi connectivity index (χ2n) is 7.65. The van der Waals surface area contributed by atoms with Gasteiger partial charge in [-0.2, -0.15) is 0 Å². The van der Waals surface area contributed by atoms with Gasteiger partial charge in [-0.25, -0.2) is 0 Å². The Morgan fingerprint density at radius 1 is 1.19 bits per heavy atom. The lowest BCUT2D eigenvalue weighted by atomic mass is 9.43. The number of hydrogen-bond donors (Lipinski definition) is 0. The molecule has 1 aromatic carbocycles. The molecule has 0 spiro atoms. The molecule has 3 saturated carbocycles. The third-order valence-corrected chi connectivity index (χ3v) is 6.78. The zero-order chi connectivity index (χ0) is 14.8. The van der Waals surface area contributed by atoms with Crippen LogP contribution in [0.3, 0.4) is 0 Å². The molecule has 0 amide bonds. The Hall–Kier alpha value is -0.505. The number of hydrogen-bond acceptors (Lipinski definition) is 2. The quantitative estimate of drug-likeness (QED) is 0.601. The van der Waals surface area contributed by atoms with E-state index in [9.17, 15) is 0 Å². The first kappa shape index (κ1) is 14.1. The van der Waals surface area contributed by atoms with Crippen LogP contribution in [-0.2, 0) is 9.31 Å². The number of rotatable bonds is 2. The van der Waals surface area contributed by atoms with Crippen molar-refractivity contribution >= 4 is 18.7 Å². The maximum Gasteiger partial charge on any atom is 0.481 e. The molecule has 1 heterocycles. The van der Waals surface area contributed by atoms with Crippen molar-refractivity contribution in [1.82, 2.24) is 0 Å². The molecule has 112 valence electrons. The normalized spacial score (nSPS) is 41.3. The van der Waals surface area contributed by atoms with Gasteiger partial charge in [-0.1, -0.05) is 44.2 Å². The van der Waals surface area contributed by atoms with Crippen LogP contribution in [0.5, 0.6) is 0 Å². The van der Waals surface area contributed by atoms with E-state index < -0.39 is 0 Å². The highest BCUT2D eigenvalue weighted by molar-refractivity contribution is 6.59. The van der Waals surface area contributed by atoms with Crippen LogP contribution in [-0.4, -0.2) is 18.8 Å².